The van der Waals surface area contributed by atoms with Crippen LogP contribution in [0.4, 0.5) is 5.69 Å². The number of sulfonamides is 1. The van der Waals surface area contributed by atoms with Crippen molar-refractivity contribution in [3.63, 3.8) is 0 Å². The molecule has 7 heteroatoms. The summed E-state index contributed by atoms with van der Waals surface area (Å²) in [6, 6.07) is 12.6. The van der Waals surface area contributed by atoms with Crippen LogP contribution in [-0.2, 0) is 22.3 Å². The van der Waals surface area contributed by atoms with E-state index >= 15 is 0 Å². The Bertz CT molecular complexity index is 728. The third-order valence-corrected chi connectivity index (χ3v) is 5.35. The molecule has 0 fully saturated rings. The minimum Gasteiger partial charge on any atom is -0.326 e. The first-order valence-corrected chi connectivity index (χ1v) is 9.37. The van der Waals surface area contributed by atoms with Crippen LogP contribution in [0.25, 0.3) is 0 Å². The minimum atomic E-state index is -3.51. The molecule has 2 aromatic rings. The second-order valence-electron chi connectivity index (χ2n) is 4.48. The van der Waals surface area contributed by atoms with Crippen molar-refractivity contribution in [2.45, 2.75) is 12.3 Å². The van der Waals surface area contributed by atoms with Crippen LogP contribution < -0.4 is 10.5 Å². The molecule has 0 aliphatic heterocycles. The van der Waals surface area contributed by atoms with Gasteiger partial charge in [0.05, 0.1) is 11.4 Å². The molecule has 0 amide bonds. The lowest BCUT2D eigenvalue weighted by atomic mass is 10.1. The highest BCUT2D eigenvalue weighted by atomic mass is 79.9. The van der Waals surface area contributed by atoms with Gasteiger partial charge in [-0.25, -0.2) is 8.42 Å². The fourth-order valence-corrected chi connectivity index (χ4v) is 4.53. The number of anilines is 1. The minimum absolute atomic E-state index is 0.103. The molecule has 0 unspecified atom stereocenters. The molecule has 0 aliphatic rings. The SMILES string of the molecule is NCc1cccc(CS(=O)(=O)Nc2c(Br)cccc2Br)c1. The van der Waals surface area contributed by atoms with E-state index in [1.165, 1.54) is 0 Å². The first-order valence-electron chi connectivity index (χ1n) is 6.13. The molecule has 0 heterocycles. The van der Waals surface area contributed by atoms with Gasteiger partial charge in [-0.05, 0) is 55.1 Å². The van der Waals surface area contributed by atoms with Crippen molar-refractivity contribution in [1.29, 1.82) is 0 Å². The van der Waals surface area contributed by atoms with Crippen LogP contribution in [0.15, 0.2) is 51.4 Å². The van der Waals surface area contributed by atoms with E-state index in [1.807, 2.05) is 12.1 Å². The lowest BCUT2D eigenvalue weighted by Crippen LogP contribution is -2.16. The van der Waals surface area contributed by atoms with Gasteiger partial charge in [-0.3, -0.25) is 4.72 Å². The predicted molar refractivity (Wildman–Crippen MR) is 92.4 cm³/mol. The first-order chi connectivity index (χ1) is 9.91. The van der Waals surface area contributed by atoms with Gasteiger partial charge in [0.2, 0.25) is 10.0 Å². The molecule has 0 radical (unpaired) electrons. The fourth-order valence-electron chi connectivity index (χ4n) is 1.85. The largest absolute Gasteiger partial charge is 0.326 e. The van der Waals surface area contributed by atoms with Gasteiger partial charge in [0.1, 0.15) is 0 Å². The summed E-state index contributed by atoms with van der Waals surface area (Å²) in [5.74, 6) is -0.103. The van der Waals surface area contributed by atoms with Crippen molar-refractivity contribution in [2.24, 2.45) is 5.73 Å². The van der Waals surface area contributed by atoms with Crippen molar-refractivity contribution in [1.82, 2.24) is 0 Å². The smallest absolute Gasteiger partial charge is 0.236 e. The summed E-state index contributed by atoms with van der Waals surface area (Å²) in [5.41, 5.74) is 7.67. The maximum absolute atomic E-state index is 12.3. The van der Waals surface area contributed by atoms with Gasteiger partial charge in [-0.2, -0.15) is 0 Å². The summed E-state index contributed by atoms with van der Waals surface area (Å²) in [6.45, 7) is 0.386. The number of para-hydroxylation sites is 1. The van der Waals surface area contributed by atoms with Crippen LogP contribution in [0.3, 0.4) is 0 Å². The highest BCUT2D eigenvalue weighted by Crippen LogP contribution is 2.31. The maximum Gasteiger partial charge on any atom is 0.236 e. The Balaban J connectivity index is 2.23. The maximum atomic E-state index is 12.3. The van der Waals surface area contributed by atoms with Crippen LogP contribution in [0, 0.1) is 0 Å². The Hall–Kier alpha value is -0.890. The molecule has 21 heavy (non-hydrogen) atoms. The lowest BCUT2D eigenvalue weighted by molar-refractivity contribution is 0.600. The number of nitrogens with two attached hydrogens (primary N) is 1. The number of hydrogen-bond donors (Lipinski definition) is 2. The summed E-state index contributed by atoms with van der Waals surface area (Å²) in [4.78, 5) is 0. The molecule has 0 aromatic heterocycles. The fraction of sp³-hybridized carbons (Fsp3) is 0.143. The molecule has 2 rings (SSSR count). The average Bonchev–Trinajstić information content (AvgIpc) is 2.43. The van der Waals surface area contributed by atoms with Crippen LogP contribution in [-0.4, -0.2) is 8.42 Å². The van der Waals surface area contributed by atoms with E-state index in [9.17, 15) is 8.42 Å². The highest BCUT2D eigenvalue weighted by Gasteiger charge is 2.15. The third-order valence-electron chi connectivity index (χ3n) is 2.80. The van der Waals surface area contributed by atoms with Gasteiger partial charge < -0.3 is 5.73 Å². The van der Waals surface area contributed by atoms with E-state index in [1.54, 1.807) is 30.3 Å². The summed E-state index contributed by atoms with van der Waals surface area (Å²) in [7, 11) is -3.51. The summed E-state index contributed by atoms with van der Waals surface area (Å²) in [5, 5.41) is 0. The summed E-state index contributed by atoms with van der Waals surface area (Å²) >= 11 is 6.67. The Kier molecular flexibility index (Phi) is 5.43. The molecule has 0 bridgehead atoms. The zero-order valence-electron chi connectivity index (χ0n) is 11.0. The molecule has 2 aromatic carbocycles. The van der Waals surface area contributed by atoms with Crippen LogP contribution in [0.5, 0.6) is 0 Å². The molecule has 0 atom stereocenters. The molecular weight excluding hydrogens is 420 g/mol. The number of rotatable bonds is 5. The number of halogens is 2. The van der Waals surface area contributed by atoms with Crippen molar-refractivity contribution >= 4 is 47.6 Å². The van der Waals surface area contributed by atoms with E-state index < -0.39 is 10.0 Å². The molecule has 0 spiro atoms. The molecule has 112 valence electrons. The molecule has 0 saturated heterocycles. The van der Waals surface area contributed by atoms with E-state index in [0.29, 0.717) is 26.7 Å². The second kappa shape index (κ2) is 6.91. The van der Waals surface area contributed by atoms with Crippen molar-refractivity contribution in [2.75, 3.05) is 4.72 Å². The van der Waals surface area contributed by atoms with Crippen molar-refractivity contribution in [3.8, 4) is 0 Å². The Morgan fingerprint density at radius 2 is 1.57 bits per heavy atom. The highest BCUT2D eigenvalue weighted by molar-refractivity contribution is 9.11. The van der Waals surface area contributed by atoms with Crippen LogP contribution in [0.1, 0.15) is 11.1 Å². The number of hydrogen-bond acceptors (Lipinski definition) is 3. The van der Waals surface area contributed by atoms with Gasteiger partial charge >= 0.3 is 0 Å². The van der Waals surface area contributed by atoms with Crippen LogP contribution >= 0.6 is 31.9 Å². The van der Waals surface area contributed by atoms with Gasteiger partial charge in [0.25, 0.3) is 0 Å². The Labute approximate surface area is 141 Å². The van der Waals surface area contributed by atoms with Crippen molar-refractivity contribution in [3.05, 3.63) is 62.5 Å². The van der Waals surface area contributed by atoms with Crippen molar-refractivity contribution < 1.29 is 8.42 Å². The Morgan fingerprint density at radius 1 is 1.00 bits per heavy atom. The molecule has 0 saturated carbocycles. The Morgan fingerprint density at radius 3 is 2.19 bits per heavy atom. The van der Waals surface area contributed by atoms with Gasteiger partial charge in [0, 0.05) is 15.5 Å². The first kappa shape index (κ1) is 16.5. The molecular formula is C14H14Br2N2O2S. The van der Waals surface area contributed by atoms with E-state index in [2.05, 4.69) is 36.6 Å². The predicted octanol–water partition coefficient (Wildman–Crippen LogP) is 3.61. The van der Waals surface area contributed by atoms with E-state index in [-0.39, 0.29) is 5.75 Å². The quantitative estimate of drug-likeness (QED) is 0.756. The normalized spacial score (nSPS) is 11.4. The summed E-state index contributed by atoms with van der Waals surface area (Å²) < 4.78 is 28.5. The molecule has 3 N–H and O–H groups in total. The van der Waals surface area contributed by atoms with E-state index in [0.717, 1.165) is 5.56 Å². The monoisotopic (exact) mass is 432 g/mol. The van der Waals surface area contributed by atoms with Crippen LogP contribution in [0.2, 0.25) is 0 Å². The second-order valence-corrected chi connectivity index (χ2v) is 7.91. The topological polar surface area (TPSA) is 72.2 Å². The zero-order valence-corrected chi connectivity index (χ0v) is 15.0. The van der Waals surface area contributed by atoms with E-state index in [4.69, 9.17) is 5.73 Å². The third kappa shape index (κ3) is 4.54. The molecule has 0 aliphatic carbocycles. The lowest BCUT2D eigenvalue weighted by Gasteiger charge is -2.12. The number of benzene rings is 2. The zero-order chi connectivity index (χ0) is 15.5. The standard InChI is InChI=1S/C14H14Br2N2O2S/c15-12-5-2-6-13(16)14(12)18-21(19,20)9-11-4-1-3-10(7-11)8-17/h1-7,18H,8-9,17H2. The average molecular weight is 434 g/mol. The molecule has 4 nitrogen and oxygen atoms in total. The van der Waals surface area contributed by atoms with Gasteiger partial charge in [0.15, 0.2) is 0 Å². The van der Waals surface area contributed by atoms with Gasteiger partial charge in [-0.1, -0.05) is 30.3 Å². The van der Waals surface area contributed by atoms with Gasteiger partial charge in [-0.15, -0.1) is 0 Å². The number of nitrogens with one attached hydrogen (secondary N) is 1. The summed E-state index contributed by atoms with van der Waals surface area (Å²) in [6.07, 6.45) is 0.